The monoisotopic (exact) mass is 275 g/mol. The molecule has 1 aromatic carbocycles. The second-order valence-corrected chi connectivity index (χ2v) is 3.29. The molecule has 0 aliphatic carbocycles. The molecule has 0 saturated heterocycles. The molecule has 0 aliphatic rings. The third-order valence-corrected chi connectivity index (χ3v) is 2.63. The summed E-state index contributed by atoms with van der Waals surface area (Å²) in [4.78, 5) is 0. The van der Waals surface area contributed by atoms with E-state index in [1.807, 2.05) is 0 Å². The zero-order valence-corrected chi connectivity index (χ0v) is 9.68. The Labute approximate surface area is 88.1 Å². The first kappa shape index (κ1) is 9.84. The van der Waals surface area contributed by atoms with Crippen LogP contribution in [0.2, 0.25) is 0 Å². The number of hydrogen-bond acceptors (Lipinski definition) is 1. The highest BCUT2D eigenvalue weighted by Gasteiger charge is 2.02. The Hall–Kier alpha value is -0.250. The van der Waals surface area contributed by atoms with Crippen LogP contribution in [0.15, 0.2) is 18.2 Å². The van der Waals surface area contributed by atoms with Crippen LogP contribution in [0.5, 0.6) is 0 Å². The van der Waals surface area contributed by atoms with Gasteiger partial charge in [0.05, 0.1) is 22.9 Å². The van der Waals surface area contributed by atoms with Crippen molar-refractivity contribution in [2.24, 2.45) is 0 Å². The average molecular weight is 275 g/mol. The molecular weight excluding hydrogens is 261 g/mol. The van der Waals surface area contributed by atoms with Crippen molar-refractivity contribution in [3.05, 3.63) is 29.3 Å². The van der Waals surface area contributed by atoms with E-state index in [1.54, 1.807) is 0 Å². The van der Waals surface area contributed by atoms with Gasteiger partial charge in [0.2, 0.25) is 0 Å². The summed E-state index contributed by atoms with van der Waals surface area (Å²) in [6.07, 6.45) is 2.19. The highest BCUT2D eigenvalue weighted by Crippen LogP contribution is 2.23. The lowest BCUT2D eigenvalue weighted by Gasteiger charge is -2.10. The molecule has 0 aliphatic heterocycles. The van der Waals surface area contributed by atoms with Crippen molar-refractivity contribution < 1.29 is 0 Å². The quantitative estimate of drug-likeness (QED) is 0.656. The first-order valence-corrected chi connectivity index (χ1v) is 5.38. The van der Waals surface area contributed by atoms with Crippen molar-refractivity contribution in [3.63, 3.8) is 0 Å². The van der Waals surface area contributed by atoms with E-state index in [1.165, 1.54) is 16.8 Å². The predicted octanol–water partition coefficient (Wildman–Crippen LogP) is 3.57. The summed E-state index contributed by atoms with van der Waals surface area (Å²) >= 11 is 2.20. The fraction of sp³-hybridized carbons (Fsp3) is 0.400. The summed E-state index contributed by atoms with van der Waals surface area (Å²) in [5, 5.41) is 0. The highest BCUT2D eigenvalue weighted by atomic mass is 127. The van der Waals surface area contributed by atoms with Crippen molar-refractivity contribution in [3.8, 4) is 0 Å². The summed E-state index contributed by atoms with van der Waals surface area (Å²) in [6.45, 7) is 4.37. The smallest absolute Gasteiger partial charge is 0.0560 e. The van der Waals surface area contributed by atoms with Crippen LogP contribution in [0.25, 0.3) is 0 Å². The molecule has 0 spiro atoms. The second-order valence-electron chi connectivity index (χ2n) is 2.75. The maximum absolute atomic E-state index is 3.24. The van der Waals surface area contributed by atoms with Gasteiger partial charge in [-0.15, -0.1) is 0 Å². The van der Waals surface area contributed by atoms with E-state index in [4.69, 9.17) is 0 Å². The number of rotatable bonds is 3. The Kier molecular flexibility index (Phi) is 3.85. The van der Waals surface area contributed by atoms with E-state index >= 15 is 0 Å². The molecule has 0 fully saturated rings. The molecule has 0 amide bonds. The second kappa shape index (κ2) is 4.70. The number of hydrogen-bond donors (Lipinski definition) is 1. The minimum atomic E-state index is 1.10. The lowest BCUT2D eigenvalue weighted by atomic mass is 10.0. The number of benzene rings is 1. The van der Waals surface area contributed by atoms with Crippen LogP contribution < -0.4 is 3.53 Å². The van der Waals surface area contributed by atoms with E-state index in [9.17, 15) is 0 Å². The van der Waals surface area contributed by atoms with Crippen molar-refractivity contribution in [2.75, 3.05) is 3.53 Å². The van der Waals surface area contributed by atoms with Gasteiger partial charge in [0.1, 0.15) is 0 Å². The molecule has 1 N–H and O–H groups in total. The molecular formula is C10H14IN. The maximum atomic E-state index is 3.24. The number of nitrogens with one attached hydrogen (secondary N) is 1. The summed E-state index contributed by atoms with van der Waals surface area (Å²) in [5.41, 5.74) is 4.12. The fourth-order valence-electron chi connectivity index (χ4n) is 1.36. The van der Waals surface area contributed by atoms with E-state index in [2.05, 4.69) is 58.4 Å². The Morgan fingerprint density at radius 1 is 1.17 bits per heavy atom. The lowest BCUT2D eigenvalue weighted by Crippen LogP contribution is -1.94. The molecule has 2 heteroatoms. The maximum Gasteiger partial charge on any atom is 0.0560 e. The molecule has 66 valence electrons. The molecule has 0 heterocycles. The molecule has 12 heavy (non-hydrogen) atoms. The first-order chi connectivity index (χ1) is 5.83. The SMILES string of the molecule is CCc1cccc(CC)c1NI. The number of para-hydroxylation sites is 1. The minimum absolute atomic E-state index is 1.10. The van der Waals surface area contributed by atoms with Crippen LogP contribution in [0.4, 0.5) is 5.69 Å². The van der Waals surface area contributed by atoms with Crippen molar-refractivity contribution in [2.45, 2.75) is 26.7 Å². The van der Waals surface area contributed by atoms with Crippen LogP contribution in [0.3, 0.4) is 0 Å². The topological polar surface area (TPSA) is 12.0 Å². The molecule has 0 radical (unpaired) electrons. The Morgan fingerprint density at radius 2 is 1.67 bits per heavy atom. The van der Waals surface area contributed by atoms with Crippen LogP contribution in [0.1, 0.15) is 25.0 Å². The van der Waals surface area contributed by atoms with Crippen molar-refractivity contribution in [1.29, 1.82) is 0 Å². The third-order valence-electron chi connectivity index (χ3n) is 2.09. The Balaban J connectivity index is 3.13. The Morgan fingerprint density at radius 3 is 2.00 bits per heavy atom. The summed E-state index contributed by atoms with van der Waals surface area (Å²) in [5.74, 6) is 0. The van der Waals surface area contributed by atoms with Gasteiger partial charge >= 0.3 is 0 Å². The molecule has 1 rings (SSSR count). The molecule has 0 saturated carbocycles. The standard InChI is InChI=1S/C10H14IN/c1-3-8-6-5-7-9(4-2)10(8)12-11/h5-7,12H,3-4H2,1-2H3. The zero-order valence-electron chi connectivity index (χ0n) is 7.52. The first-order valence-electron chi connectivity index (χ1n) is 4.30. The van der Waals surface area contributed by atoms with Gasteiger partial charge in [-0.1, -0.05) is 32.0 Å². The average Bonchev–Trinajstić information content (AvgIpc) is 2.16. The number of aryl methyl sites for hydroxylation is 2. The summed E-state index contributed by atoms with van der Waals surface area (Å²) in [6, 6.07) is 6.50. The fourth-order valence-corrected chi connectivity index (χ4v) is 2.06. The van der Waals surface area contributed by atoms with Crippen LogP contribution >= 0.6 is 22.9 Å². The van der Waals surface area contributed by atoms with Gasteiger partial charge < -0.3 is 3.53 Å². The van der Waals surface area contributed by atoms with Crippen LogP contribution in [-0.4, -0.2) is 0 Å². The highest BCUT2D eigenvalue weighted by molar-refractivity contribution is 14.1. The van der Waals surface area contributed by atoms with E-state index < -0.39 is 0 Å². The lowest BCUT2D eigenvalue weighted by molar-refractivity contribution is 1.10. The molecule has 0 unspecified atom stereocenters. The predicted molar refractivity (Wildman–Crippen MR) is 62.8 cm³/mol. The molecule has 0 aromatic heterocycles. The molecule has 0 atom stereocenters. The van der Waals surface area contributed by atoms with E-state index in [-0.39, 0.29) is 0 Å². The van der Waals surface area contributed by atoms with Gasteiger partial charge in [0.15, 0.2) is 0 Å². The van der Waals surface area contributed by atoms with Gasteiger partial charge in [-0.05, 0) is 24.0 Å². The van der Waals surface area contributed by atoms with E-state index in [0.717, 1.165) is 12.8 Å². The van der Waals surface area contributed by atoms with Crippen LogP contribution in [0, 0.1) is 0 Å². The van der Waals surface area contributed by atoms with Gasteiger partial charge in [-0.25, -0.2) is 0 Å². The van der Waals surface area contributed by atoms with Gasteiger partial charge in [0.25, 0.3) is 0 Å². The molecule has 1 nitrogen and oxygen atoms in total. The van der Waals surface area contributed by atoms with Gasteiger partial charge in [-0.3, -0.25) is 0 Å². The minimum Gasteiger partial charge on any atom is -0.328 e. The van der Waals surface area contributed by atoms with Crippen molar-refractivity contribution >= 4 is 28.6 Å². The van der Waals surface area contributed by atoms with E-state index in [0.29, 0.717) is 0 Å². The van der Waals surface area contributed by atoms with Crippen LogP contribution in [-0.2, 0) is 12.8 Å². The number of anilines is 1. The normalized spacial score (nSPS) is 9.92. The zero-order chi connectivity index (χ0) is 8.97. The summed E-state index contributed by atoms with van der Waals surface area (Å²) in [7, 11) is 0. The molecule has 0 bridgehead atoms. The van der Waals surface area contributed by atoms with Crippen molar-refractivity contribution in [1.82, 2.24) is 0 Å². The van der Waals surface area contributed by atoms with Gasteiger partial charge in [0, 0.05) is 5.69 Å². The largest absolute Gasteiger partial charge is 0.328 e. The number of halogens is 1. The summed E-state index contributed by atoms with van der Waals surface area (Å²) < 4.78 is 3.24. The third kappa shape index (κ3) is 1.91. The Bertz CT molecular complexity index is 236. The molecule has 1 aromatic rings. The van der Waals surface area contributed by atoms with Gasteiger partial charge in [-0.2, -0.15) is 0 Å².